The molecule has 1 saturated heterocycles. The first-order valence-electron chi connectivity index (χ1n) is 8.30. The van der Waals surface area contributed by atoms with Gasteiger partial charge in [-0.05, 0) is 56.4 Å². The Balaban J connectivity index is 1.70. The molecule has 2 aromatic rings. The number of aromatic nitrogens is 1. The number of carbonyl (C=O) groups is 1. The van der Waals surface area contributed by atoms with Crippen LogP contribution in [-0.2, 0) is 6.42 Å². The van der Waals surface area contributed by atoms with Gasteiger partial charge in [-0.3, -0.25) is 9.59 Å². The summed E-state index contributed by atoms with van der Waals surface area (Å²) >= 11 is 0. The maximum atomic E-state index is 13.0. The fraction of sp³-hybridized carbons (Fsp3) is 0.368. The van der Waals surface area contributed by atoms with Gasteiger partial charge in [0.05, 0.1) is 5.56 Å². The van der Waals surface area contributed by atoms with Crippen molar-refractivity contribution >= 4 is 5.91 Å². The van der Waals surface area contributed by atoms with Crippen LogP contribution in [0.5, 0.6) is 0 Å². The van der Waals surface area contributed by atoms with Gasteiger partial charge in [-0.15, -0.1) is 0 Å². The average Bonchev–Trinajstić information content (AvgIpc) is 2.95. The van der Waals surface area contributed by atoms with E-state index in [2.05, 4.69) is 11.9 Å². The van der Waals surface area contributed by atoms with Crippen LogP contribution in [0.1, 0.15) is 42.1 Å². The predicted octanol–water partition coefficient (Wildman–Crippen LogP) is 3.14. The van der Waals surface area contributed by atoms with E-state index in [-0.39, 0.29) is 29.4 Å². The number of pyridine rings is 1. The normalized spacial score (nSPS) is 20.3. The highest BCUT2D eigenvalue weighted by Gasteiger charge is 2.34. The van der Waals surface area contributed by atoms with Crippen molar-refractivity contribution in [1.82, 2.24) is 9.88 Å². The molecule has 0 spiro atoms. The van der Waals surface area contributed by atoms with Gasteiger partial charge in [0.1, 0.15) is 5.82 Å². The second-order valence-electron chi connectivity index (χ2n) is 6.40. The van der Waals surface area contributed by atoms with Crippen LogP contribution in [0, 0.1) is 5.82 Å². The number of hydrogen-bond donors (Lipinski definition) is 1. The van der Waals surface area contributed by atoms with Gasteiger partial charge in [-0.25, -0.2) is 4.39 Å². The molecule has 1 N–H and O–H groups in total. The first-order chi connectivity index (χ1) is 11.5. The molecule has 0 saturated carbocycles. The first-order valence-corrected chi connectivity index (χ1v) is 8.30. The molecule has 1 aromatic carbocycles. The number of hydrogen-bond acceptors (Lipinski definition) is 2. The Morgan fingerprint density at radius 1 is 1.21 bits per heavy atom. The molecule has 1 aliphatic rings. The SMILES string of the molecule is C[C@@H]1CC[C@H](CCc2ccc(F)cc2)N1C(=O)c1ccc(=O)[nH]c1. The quantitative estimate of drug-likeness (QED) is 0.937. The summed E-state index contributed by atoms with van der Waals surface area (Å²) in [6.07, 6.45) is 5.09. The van der Waals surface area contributed by atoms with Crippen molar-refractivity contribution in [2.75, 3.05) is 0 Å². The molecule has 0 bridgehead atoms. The molecule has 126 valence electrons. The lowest BCUT2D eigenvalue weighted by molar-refractivity contribution is 0.0672. The van der Waals surface area contributed by atoms with Gasteiger partial charge >= 0.3 is 0 Å². The van der Waals surface area contributed by atoms with Gasteiger partial charge in [-0.2, -0.15) is 0 Å². The summed E-state index contributed by atoms with van der Waals surface area (Å²) in [5.41, 5.74) is 1.37. The molecule has 0 radical (unpaired) electrons. The summed E-state index contributed by atoms with van der Waals surface area (Å²) in [6.45, 7) is 2.06. The highest BCUT2D eigenvalue weighted by atomic mass is 19.1. The third-order valence-corrected chi connectivity index (χ3v) is 4.73. The van der Waals surface area contributed by atoms with Crippen molar-refractivity contribution in [3.8, 4) is 0 Å². The van der Waals surface area contributed by atoms with Crippen LogP contribution in [0.25, 0.3) is 0 Å². The number of carbonyl (C=O) groups excluding carboxylic acids is 1. The fourth-order valence-electron chi connectivity index (χ4n) is 3.40. The number of nitrogens with zero attached hydrogens (tertiary/aromatic N) is 1. The zero-order valence-electron chi connectivity index (χ0n) is 13.7. The lowest BCUT2D eigenvalue weighted by atomic mass is 10.0. The number of rotatable bonds is 4. The minimum Gasteiger partial charge on any atom is -0.333 e. The summed E-state index contributed by atoms with van der Waals surface area (Å²) in [5, 5.41) is 0. The second kappa shape index (κ2) is 6.99. The zero-order chi connectivity index (χ0) is 17.1. The minimum atomic E-state index is -0.233. The van der Waals surface area contributed by atoms with Gasteiger partial charge in [-0.1, -0.05) is 12.1 Å². The Hall–Kier alpha value is -2.43. The Kier molecular flexibility index (Phi) is 4.79. The molecular weight excluding hydrogens is 307 g/mol. The molecule has 24 heavy (non-hydrogen) atoms. The molecule has 5 heteroatoms. The number of aromatic amines is 1. The van der Waals surface area contributed by atoms with E-state index in [1.807, 2.05) is 4.90 Å². The number of benzene rings is 1. The van der Waals surface area contributed by atoms with Gasteiger partial charge < -0.3 is 9.88 Å². The Bertz CT molecular complexity index is 749. The van der Waals surface area contributed by atoms with Crippen LogP contribution in [0.3, 0.4) is 0 Å². The number of likely N-dealkylation sites (tertiary alicyclic amines) is 1. The Labute approximate surface area is 140 Å². The number of nitrogens with one attached hydrogen (secondary N) is 1. The van der Waals surface area contributed by atoms with Crippen molar-refractivity contribution in [2.24, 2.45) is 0 Å². The van der Waals surface area contributed by atoms with E-state index in [9.17, 15) is 14.0 Å². The summed E-state index contributed by atoms with van der Waals surface area (Å²) in [7, 11) is 0. The van der Waals surface area contributed by atoms with Crippen molar-refractivity contribution in [1.29, 1.82) is 0 Å². The second-order valence-corrected chi connectivity index (χ2v) is 6.40. The molecule has 0 unspecified atom stereocenters. The predicted molar refractivity (Wildman–Crippen MR) is 90.4 cm³/mol. The molecule has 2 atom stereocenters. The molecule has 1 aliphatic heterocycles. The average molecular weight is 328 g/mol. The van der Waals surface area contributed by atoms with E-state index >= 15 is 0 Å². The van der Waals surface area contributed by atoms with Gasteiger partial charge in [0.2, 0.25) is 5.56 Å². The molecule has 3 rings (SSSR count). The first kappa shape index (κ1) is 16.4. The van der Waals surface area contributed by atoms with Crippen LogP contribution < -0.4 is 5.56 Å². The zero-order valence-corrected chi connectivity index (χ0v) is 13.7. The molecular formula is C19H21FN2O2. The van der Waals surface area contributed by atoms with E-state index in [1.54, 1.807) is 18.2 Å². The van der Waals surface area contributed by atoms with E-state index < -0.39 is 0 Å². The van der Waals surface area contributed by atoms with Crippen LogP contribution in [0.4, 0.5) is 4.39 Å². The van der Waals surface area contributed by atoms with Crippen LogP contribution in [0.2, 0.25) is 0 Å². The summed E-state index contributed by atoms with van der Waals surface area (Å²) in [6, 6.07) is 9.83. The van der Waals surface area contributed by atoms with E-state index in [4.69, 9.17) is 0 Å². The minimum absolute atomic E-state index is 0.0413. The van der Waals surface area contributed by atoms with E-state index in [0.29, 0.717) is 5.56 Å². The number of aryl methyl sites for hydroxylation is 1. The number of amides is 1. The smallest absolute Gasteiger partial charge is 0.255 e. The molecule has 1 fully saturated rings. The van der Waals surface area contributed by atoms with Crippen molar-refractivity contribution in [2.45, 2.75) is 44.7 Å². The van der Waals surface area contributed by atoms with Crippen molar-refractivity contribution in [3.05, 3.63) is 69.9 Å². The van der Waals surface area contributed by atoms with E-state index in [0.717, 1.165) is 31.2 Å². The van der Waals surface area contributed by atoms with Gasteiger partial charge in [0, 0.05) is 24.3 Å². The van der Waals surface area contributed by atoms with Gasteiger partial charge in [0.25, 0.3) is 5.91 Å². The molecule has 1 aromatic heterocycles. The topological polar surface area (TPSA) is 53.2 Å². The summed E-state index contributed by atoms with van der Waals surface area (Å²) in [5.74, 6) is -0.275. The molecule has 1 amide bonds. The summed E-state index contributed by atoms with van der Waals surface area (Å²) in [4.78, 5) is 28.4. The third-order valence-electron chi connectivity index (χ3n) is 4.73. The lowest BCUT2D eigenvalue weighted by Crippen LogP contribution is -2.40. The molecule has 4 nitrogen and oxygen atoms in total. The monoisotopic (exact) mass is 328 g/mol. The number of halogens is 1. The highest BCUT2D eigenvalue weighted by Crippen LogP contribution is 2.28. The Morgan fingerprint density at radius 3 is 2.62 bits per heavy atom. The van der Waals surface area contributed by atoms with Crippen molar-refractivity contribution in [3.63, 3.8) is 0 Å². The van der Waals surface area contributed by atoms with Gasteiger partial charge in [0.15, 0.2) is 0 Å². The maximum absolute atomic E-state index is 13.0. The molecule has 2 heterocycles. The third kappa shape index (κ3) is 3.55. The highest BCUT2D eigenvalue weighted by molar-refractivity contribution is 5.94. The standard InChI is InChI=1S/C19H21FN2O2/c1-13-2-9-17(10-5-14-3-7-16(20)8-4-14)22(13)19(24)15-6-11-18(23)21-12-15/h3-4,6-8,11-13,17H,2,5,9-10H2,1H3,(H,21,23)/t13-,17-/m1/s1. The molecule has 0 aliphatic carbocycles. The van der Waals surface area contributed by atoms with Crippen molar-refractivity contribution < 1.29 is 9.18 Å². The largest absolute Gasteiger partial charge is 0.333 e. The fourth-order valence-corrected chi connectivity index (χ4v) is 3.40. The Morgan fingerprint density at radius 2 is 1.96 bits per heavy atom. The van der Waals surface area contributed by atoms with Crippen LogP contribution in [0.15, 0.2) is 47.4 Å². The number of H-pyrrole nitrogens is 1. The van der Waals surface area contributed by atoms with Crippen LogP contribution in [-0.4, -0.2) is 27.9 Å². The lowest BCUT2D eigenvalue weighted by Gasteiger charge is -2.29. The van der Waals surface area contributed by atoms with E-state index in [1.165, 1.54) is 24.4 Å². The van der Waals surface area contributed by atoms with Crippen LogP contribution >= 0.6 is 0 Å². The maximum Gasteiger partial charge on any atom is 0.255 e. The summed E-state index contributed by atoms with van der Waals surface area (Å²) < 4.78 is 13.0.